The second-order valence-corrected chi connectivity index (χ2v) is 4.36. The normalized spacial score (nSPS) is 14.6. The highest BCUT2D eigenvalue weighted by Crippen LogP contribution is 2.32. The summed E-state index contributed by atoms with van der Waals surface area (Å²) in [6.07, 6.45) is 0. The van der Waals surface area contributed by atoms with Crippen LogP contribution in [-0.4, -0.2) is 18.0 Å². The van der Waals surface area contributed by atoms with Gasteiger partial charge in [0.15, 0.2) is 11.5 Å². The van der Waals surface area contributed by atoms with Gasteiger partial charge in [0.05, 0.1) is 5.25 Å². The van der Waals surface area contributed by atoms with Gasteiger partial charge in [0.25, 0.3) is 0 Å². The number of ether oxygens (including phenoxy) is 2. The predicted molar refractivity (Wildman–Crippen MR) is 62.9 cm³/mol. The Kier molecular flexibility index (Phi) is 3.24. The number of nitrogens with one attached hydrogen (secondary N) is 1. The van der Waals surface area contributed by atoms with E-state index in [9.17, 15) is 4.79 Å². The Balaban J connectivity index is 1.98. The third kappa shape index (κ3) is 2.41. The van der Waals surface area contributed by atoms with Crippen molar-refractivity contribution in [2.24, 2.45) is 0 Å². The Labute approximate surface area is 99.3 Å². The highest BCUT2D eigenvalue weighted by atomic mass is 32.1. The molecule has 0 saturated heterocycles. The average Bonchev–Trinajstić information content (AvgIpc) is 2.72. The van der Waals surface area contributed by atoms with Crippen LogP contribution >= 0.6 is 12.6 Å². The highest BCUT2D eigenvalue weighted by molar-refractivity contribution is 7.81. The van der Waals surface area contributed by atoms with Crippen LogP contribution in [0.1, 0.15) is 12.5 Å². The van der Waals surface area contributed by atoms with E-state index >= 15 is 0 Å². The minimum atomic E-state index is -0.297. The zero-order chi connectivity index (χ0) is 11.5. The monoisotopic (exact) mass is 239 g/mol. The molecule has 1 atom stereocenters. The molecule has 0 aromatic heterocycles. The number of amides is 1. The van der Waals surface area contributed by atoms with E-state index in [0.29, 0.717) is 6.54 Å². The topological polar surface area (TPSA) is 47.6 Å². The van der Waals surface area contributed by atoms with Crippen molar-refractivity contribution < 1.29 is 14.3 Å². The maximum absolute atomic E-state index is 11.3. The van der Waals surface area contributed by atoms with Gasteiger partial charge >= 0.3 is 0 Å². The zero-order valence-corrected chi connectivity index (χ0v) is 9.79. The standard InChI is InChI=1S/C11H13NO3S/c1-7(16)11(13)12-5-8-2-3-9-10(4-8)15-6-14-9/h2-4,7,16H,5-6H2,1H3,(H,12,13). The van der Waals surface area contributed by atoms with Crippen molar-refractivity contribution in [1.82, 2.24) is 5.32 Å². The molecule has 0 radical (unpaired) electrons. The van der Waals surface area contributed by atoms with Gasteiger partial charge < -0.3 is 14.8 Å². The molecule has 0 aliphatic carbocycles. The summed E-state index contributed by atoms with van der Waals surface area (Å²) in [5.41, 5.74) is 0.978. The highest BCUT2D eigenvalue weighted by Gasteiger charge is 2.13. The van der Waals surface area contributed by atoms with E-state index in [1.165, 1.54) is 0 Å². The molecular weight excluding hydrogens is 226 g/mol. The van der Waals surface area contributed by atoms with Gasteiger partial charge in [-0.1, -0.05) is 6.07 Å². The summed E-state index contributed by atoms with van der Waals surface area (Å²) in [5, 5.41) is 2.48. The lowest BCUT2D eigenvalue weighted by atomic mass is 10.2. The van der Waals surface area contributed by atoms with Crippen LogP contribution in [0.15, 0.2) is 18.2 Å². The maximum atomic E-state index is 11.3. The largest absolute Gasteiger partial charge is 0.454 e. The van der Waals surface area contributed by atoms with Crippen molar-refractivity contribution >= 4 is 18.5 Å². The average molecular weight is 239 g/mol. The Morgan fingerprint density at radius 3 is 3.00 bits per heavy atom. The van der Waals surface area contributed by atoms with Gasteiger partial charge in [0.2, 0.25) is 12.7 Å². The van der Waals surface area contributed by atoms with Crippen molar-refractivity contribution in [2.75, 3.05) is 6.79 Å². The first-order chi connectivity index (χ1) is 7.66. The minimum absolute atomic E-state index is 0.0824. The van der Waals surface area contributed by atoms with Crippen LogP contribution in [0.3, 0.4) is 0 Å². The summed E-state index contributed by atoms with van der Waals surface area (Å²) >= 11 is 4.05. The number of hydrogen-bond donors (Lipinski definition) is 2. The van der Waals surface area contributed by atoms with Crippen LogP contribution in [0, 0.1) is 0 Å². The third-order valence-corrected chi connectivity index (χ3v) is 2.52. The predicted octanol–water partition coefficient (Wildman–Crippen LogP) is 1.35. The van der Waals surface area contributed by atoms with Crippen LogP contribution in [0.5, 0.6) is 11.5 Å². The number of carbonyl (C=O) groups is 1. The molecule has 0 spiro atoms. The van der Waals surface area contributed by atoms with E-state index in [2.05, 4.69) is 17.9 Å². The Hall–Kier alpha value is -1.36. The molecule has 1 heterocycles. The molecule has 1 aliphatic heterocycles. The van der Waals surface area contributed by atoms with Gasteiger partial charge in [-0.3, -0.25) is 4.79 Å². The van der Waals surface area contributed by atoms with Gasteiger partial charge in [0.1, 0.15) is 0 Å². The van der Waals surface area contributed by atoms with Gasteiger partial charge in [-0.05, 0) is 24.6 Å². The first-order valence-electron chi connectivity index (χ1n) is 5.01. The van der Waals surface area contributed by atoms with Crippen LogP contribution in [0.2, 0.25) is 0 Å². The Bertz CT molecular complexity index is 406. The minimum Gasteiger partial charge on any atom is -0.454 e. The van der Waals surface area contributed by atoms with E-state index in [4.69, 9.17) is 9.47 Å². The van der Waals surface area contributed by atoms with Crippen molar-refractivity contribution in [3.05, 3.63) is 23.8 Å². The number of carbonyl (C=O) groups excluding carboxylic acids is 1. The molecule has 1 N–H and O–H groups in total. The molecule has 86 valence electrons. The van der Waals surface area contributed by atoms with Gasteiger partial charge in [-0.2, -0.15) is 12.6 Å². The van der Waals surface area contributed by atoms with E-state index in [0.717, 1.165) is 17.1 Å². The van der Waals surface area contributed by atoms with Crippen molar-refractivity contribution in [2.45, 2.75) is 18.7 Å². The number of fused-ring (bicyclic) bond motifs is 1. The van der Waals surface area contributed by atoms with Crippen molar-refractivity contribution in [1.29, 1.82) is 0 Å². The number of rotatable bonds is 3. The SMILES string of the molecule is CC(S)C(=O)NCc1ccc2c(c1)OCO2. The molecule has 0 saturated carbocycles. The lowest BCUT2D eigenvalue weighted by molar-refractivity contribution is -0.120. The molecule has 1 aromatic rings. The summed E-state index contributed by atoms with van der Waals surface area (Å²) in [5.74, 6) is 1.39. The number of hydrogen-bond acceptors (Lipinski definition) is 4. The zero-order valence-electron chi connectivity index (χ0n) is 8.90. The molecular formula is C11H13NO3S. The number of benzene rings is 1. The number of thiol groups is 1. The Morgan fingerprint density at radius 2 is 2.25 bits per heavy atom. The fraction of sp³-hybridized carbons (Fsp3) is 0.364. The molecule has 0 bridgehead atoms. The smallest absolute Gasteiger partial charge is 0.232 e. The van der Waals surface area contributed by atoms with E-state index in [1.54, 1.807) is 6.92 Å². The molecule has 5 heteroatoms. The fourth-order valence-electron chi connectivity index (χ4n) is 1.39. The fourth-order valence-corrected chi connectivity index (χ4v) is 1.48. The summed E-state index contributed by atoms with van der Waals surface area (Å²) in [6.45, 7) is 2.47. The van der Waals surface area contributed by atoms with E-state index in [-0.39, 0.29) is 18.0 Å². The quantitative estimate of drug-likeness (QED) is 0.783. The third-order valence-electron chi connectivity index (χ3n) is 2.28. The first kappa shape index (κ1) is 11.1. The second kappa shape index (κ2) is 4.65. The summed E-state index contributed by atoms with van der Waals surface area (Å²) in [7, 11) is 0. The van der Waals surface area contributed by atoms with Crippen LogP contribution < -0.4 is 14.8 Å². The molecule has 1 aliphatic rings. The molecule has 1 unspecified atom stereocenters. The summed E-state index contributed by atoms with van der Waals surface area (Å²) < 4.78 is 10.4. The lowest BCUT2D eigenvalue weighted by Gasteiger charge is -2.07. The molecule has 2 rings (SSSR count). The van der Waals surface area contributed by atoms with Crippen LogP contribution in [0.4, 0.5) is 0 Å². The van der Waals surface area contributed by atoms with Crippen LogP contribution in [-0.2, 0) is 11.3 Å². The molecule has 16 heavy (non-hydrogen) atoms. The van der Waals surface area contributed by atoms with Gasteiger partial charge in [-0.15, -0.1) is 0 Å². The van der Waals surface area contributed by atoms with Crippen molar-refractivity contribution in [3.63, 3.8) is 0 Å². The molecule has 1 aromatic carbocycles. The Morgan fingerprint density at radius 1 is 1.50 bits per heavy atom. The summed E-state index contributed by atoms with van der Waals surface area (Å²) in [6, 6.07) is 5.61. The van der Waals surface area contributed by atoms with Crippen molar-refractivity contribution in [3.8, 4) is 11.5 Å². The van der Waals surface area contributed by atoms with E-state index in [1.807, 2.05) is 18.2 Å². The molecule has 4 nitrogen and oxygen atoms in total. The first-order valence-corrected chi connectivity index (χ1v) is 5.53. The van der Waals surface area contributed by atoms with Gasteiger partial charge in [-0.25, -0.2) is 0 Å². The van der Waals surface area contributed by atoms with Gasteiger partial charge in [0, 0.05) is 6.54 Å². The lowest BCUT2D eigenvalue weighted by Crippen LogP contribution is -2.29. The maximum Gasteiger partial charge on any atom is 0.232 e. The second-order valence-electron chi connectivity index (χ2n) is 3.58. The summed E-state index contributed by atoms with van der Waals surface area (Å²) in [4.78, 5) is 11.3. The molecule has 1 amide bonds. The van der Waals surface area contributed by atoms with Crippen LogP contribution in [0.25, 0.3) is 0 Å². The molecule has 0 fully saturated rings. The van der Waals surface area contributed by atoms with E-state index < -0.39 is 0 Å².